The maximum Gasteiger partial charge on any atom is 0.221 e. The van der Waals surface area contributed by atoms with Crippen molar-refractivity contribution in [3.63, 3.8) is 0 Å². The number of hydrogen-bond donors (Lipinski definition) is 1. The molecule has 1 amide bonds. The highest BCUT2D eigenvalue weighted by Gasteiger charge is 2.19. The first kappa shape index (κ1) is 19.6. The maximum absolute atomic E-state index is 12.9. The Kier molecular flexibility index (Phi) is 5.99. The molecule has 150 valence electrons. The fraction of sp³-hybridized carbons (Fsp3) is 0.160. The van der Waals surface area contributed by atoms with Gasteiger partial charge in [-0.3, -0.25) is 4.79 Å². The van der Waals surface area contributed by atoms with Crippen molar-refractivity contribution in [1.29, 1.82) is 0 Å². The van der Waals surface area contributed by atoms with Crippen molar-refractivity contribution in [2.45, 2.75) is 25.3 Å². The molecule has 1 aromatic heterocycles. The molecule has 1 atom stereocenters. The van der Waals surface area contributed by atoms with Crippen molar-refractivity contribution in [3.8, 4) is 5.69 Å². The molecular weight excluding hydrogens is 372 g/mol. The van der Waals surface area contributed by atoms with Gasteiger partial charge in [-0.15, -0.1) is 0 Å². The number of carbonyl (C=O) groups excluding carboxylic acids is 1. The number of benzene rings is 3. The van der Waals surface area contributed by atoms with Gasteiger partial charge in [-0.25, -0.2) is 9.67 Å². The molecule has 30 heavy (non-hydrogen) atoms. The fourth-order valence-corrected chi connectivity index (χ4v) is 3.63. The van der Waals surface area contributed by atoms with Crippen LogP contribution >= 0.6 is 0 Å². The van der Waals surface area contributed by atoms with E-state index in [4.69, 9.17) is 0 Å². The first-order valence-electron chi connectivity index (χ1n) is 10.0. The smallest absolute Gasteiger partial charge is 0.221 e. The lowest BCUT2D eigenvalue weighted by molar-refractivity contribution is -0.121. The van der Waals surface area contributed by atoms with E-state index in [1.54, 1.807) is 11.0 Å². The average Bonchev–Trinajstić information content (AvgIpc) is 3.34. The molecule has 0 saturated heterocycles. The minimum Gasteiger partial charge on any atom is -0.350 e. The SMILES string of the molecule is CC(NC(=O)CC(c1ccccc1)c1ccccc1)c1ccc(-n2cncn2)cc1. The number of hydrogen-bond acceptors (Lipinski definition) is 3. The first-order chi connectivity index (χ1) is 14.7. The lowest BCUT2D eigenvalue weighted by Gasteiger charge is -2.20. The highest BCUT2D eigenvalue weighted by atomic mass is 16.1. The molecule has 5 heteroatoms. The molecule has 0 aliphatic carbocycles. The molecule has 0 spiro atoms. The summed E-state index contributed by atoms with van der Waals surface area (Å²) in [7, 11) is 0. The third-order valence-corrected chi connectivity index (χ3v) is 5.25. The summed E-state index contributed by atoms with van der Waals surface area (Å²) in [6.45, 7) is 2.00. The van der Waals surface area contributed by atoms with E-state index in [9.17, 15) is 4.79 Å². The van der Waals surface area contributed by atoms with Crippen LogP contribution in [0.15, 0.2) is 97.6 Å². The lowest BCUT2D eigenvalue weighted by atomic mass is 9.88. The van der Waals surface area contributed by atoms with Crippen LogP contribution < -0.4 is 5.32 Å². The molecule has 0 aliphatic heterocycles. The van der Waals surface area contributed by atoms with Crippen LogP contribution in [0.1, 0.15) is 42.0 Å². The largest absolute Gasteiger partial charge is 0.350 e. The topological polar surface area (TPSA) is 59.8 Å². The molecule has 0 saturated carbocycles. The van der Waals surface area contributed by atoms with Crippen LogP contribution in [0.5, 0.6) is 0 Å². The van der Waals surface area contributed by atoms with Crippen molar-refractivity contribution in [1.82, 2.24) is 20.1 Å². The van der Waals surface area contributed by atoms with Gasteiger partial charge in [0.05, 0.1) is 11.7 Å². The molecule has 1 N–H and O–H groups in total. The van der Waals surface area contributed by atoms with Gasteiger partial charge >= 0.3 is 0 Å². The van der Waals surface area contributed by atoms with Gasteiger partial charge in [0.15, 0.2) is 0 Å². The van der Waals surface area contributed by atoms with Crippen LogP contribution in [-0.4, -0.2) is 20.7 Å². The van der Waals surface area contributed by atoms with Crippen LogP contribution in [0.4, 0.5) is 0 Å². The standard InChI is InChI=1S/C25H24N4O/c1-19(20-12-14-23(15-13-20)29-18-26-17-27-29)28-25(30)16-24(21-8-4-2-5-9-21)22-10-6-3-7-11-22/h2-15,17-19,24H,16H2,1H3,(H,28,30). The number of nitrogens with zero attached hydrogens (tertiary/aromatic N) is 3. The van der Waals surface area contributed by atoms with Gasteiger partial charge < -0.3 is 5.32 Å². The Hall–Kier alpha value is -3.73. The maximum atomic E-state index is 12.9. The molecule has 1 heterocycles. The van der Waals surface area contributed by atoms with Crippen LogP contribution in [0.25, 0.3) is 5.69 Å². The zero-order valence-corrected chi connectivity index (χ0v) is 16.8. The van der Waals surface area contributed by atoms with E-state index in [2.05, 4.69) is 39.7 Å². The highest BCUT2D eigenvalue weighted by Crippen LogP contribution is 2.28. The molecule has 0 fully saturated rings. The van der Waals surface area contributed by atoms with Crippen molar-refractivity contribution >= 4 is 5.91 Å². The minimum atomic E-state index is -0.0884. The Balaban J connectivity index is 1.45. The van der Waals surface area contributed by atoms with Crippen LogP contribution in [0, 0.1) is 0 Å². The molecule has 4 rings (SSSR count). The third-order valence-electron chi connectivity index (χ3n) is 5.25. The van der Waals surface area contributed by atoms with Crippen LogP contribution in [-0.2, 0) is 4.79 Å². The average molecular weight is 396 g/mol. The summed E-state index contributed by atoms with van der Waals surface area (Å²) < 4.78 is 1.71. The van der Waals surface area contributed by atoms with Crippen molar-refractivity contribution in [3.05, 3.63) is 114 Å². The summed E-state index contributed by atoms with van der Waals surface area (Å²) in [6, 6.07) is 28.3. The number of carbonyl (C=O) groups is 1. The van der Waals surface area contributed by atoms with Crippen molar-refractivity contribution in [2.24, 2.45) is 0 Å². The second-order valence-corrected chi connectivity index (χ2v) is 7.30. The van der Waals surface area contributed by atoms with E-state index in [1.165, 1.54) is 6.33 Å². The summed E-state index contributed by atoms with van der Waals surface area (Å²) in [5.41, 5.74) is 4.26. The van der Waals surface area contributed by atoms with Crippen molar-refractivity contribution < 1.29 is 4.79 Å². The first-order valence-corrected chi connectivity index (χ1v) is 10.0. The van der Waals surface area contributed by atoms with E-state index in [0.29, 0.717) is 6.42 Å². The Morgan fingerprint density at radius 1 is 0.867 bits per heavy atom. The van der Waals surface area contributed by atoms with Gasteiger partial charge in [-0.2, -0.15) is 5.10 Å². The molecular formula is C25H24N4O. The Labute approximate surface area is 176 Å². The van der Waals surface area contributed by atoms with Gasteiger partial charge in [0.2, 0.25) is 5.91 Å². The molecule has 1 unspecified atom stereocenters. The second-order valence-electron chi connectivity index (χ2n) is 7.30. The minimum absolute atomic E-state index is 0.0225. The molecule has 4 aromatic rings. The molecule has 0 bridgehead atoms. The predicted molar refractivity (Wildman–Crippen MR) is 117 cm³/mol. The Morgan fingerprint density at radius 3 is 2.00 bits per heavy atom. The summed E-state index contributed by atoms with van der Waals surface area (Å²) in [4.78, 5) is 16.9. The number of amides is 1. The lowest BCUT2D eigenvalue weighted by Crippen LogP contribution is -2.28. The highest BCUT2D eigenvalue weighted by molar-refractivity contribution is 5.78. The monoisotopic (exact) mass is 396 g/mol. The van der Waals surface area contributed by atoms with Crippen LogP contribution in [0.3, 0.4) is 0 Å². The Morgan fingerprint density at radius 2 is 1.47 bits per heavy atom. The molecule has 3 aromatic carbocycles. The molecule has 5 nitrogen and oxygen atoms in total. The number of aromatic nitrogens is 3. The van der Waals surface area contributed by atoms with E-state index in [1.807, 2.05) is 67.6 Å². The van der Waals surface area contributed by atoms with E-state index >= 15 is 0 Å². The van der Waals surface area contributed by atoms with Gasteiger partial charge in [0.1, 0.15) is 12.7 Å². The summed E-state index contributed by atoms with van der Waals surface area (Å²) in [5, 5.41) is 7.28. The van der Waals surface area contributed by atoms with E-state index in [-0.39, 0.29) is 17.9 Å². The number of nitrogens with one attached hydrogen (secondary N) is 1. The predicted octanol–water partition coefficient (Wildman–Crippen LogP) is 4.67. The van der Waals surface area contributed by atoms with Gasteiger partial charge in [-0.1, -0.05) is 72.8 Å². The van der Waals surface area contributed by atoms with Crippen LogP contribution in [0.2, 0.25) is 0 Å². The molecule has 0 aliphatic rings. The third kappa shape index (κ3) is 4.63. The quantitative estimate of drug-likeness (QED) is 0.494. The van der Waals surface area contributed by atoms with Gasteiger partial charge in [0.25, 0.3) is 0 Å². The Bertz CT molecular complexity index is 1020. The summed E-state index contributed by atoms with van der Waals surface area (Å²) >= 11 is 0. The normalized spacial score (nSPS) is 11.9. The zero-order valence-electron chi connectivity index (χ0n) is 16.8. The fourth-order valence-electron chi connectivity index (χ4n) is 3.63. The second kappa shape index (κ2) is 9.18. The summed E-state index contributed by atoms with van der Waals surface area (Å²) in [6.07, 6.45) is 3.57. The van der Waals surface area contributed by atoms with Gasteiger partial charge in [0, 0.05) is 12.3 Å². The van der Waals surface area contributed by atoms with E-state index < -0.39 is 0 Å². The summed E-state index contributed by atoms with van der Waals surface area (Å²) in [5.74, 6) is 0.0508. The molecule has 0 radical (unpaired) electrons. The van der Waals surface area contributed by atoms with E-state index in [0.717, 1.165) is 22.4 Å². The van der Waals surface area contributed by atoms with Crippen molar-refractivity contribution in [2.75, 3.05) is 0 Å². The number of rotatable bonds is 7. The zero-order chi connectivity index (χ0) is 20.8. The van der Waals surface area contributed by atoms with Gasteiger partial charge in [-0.05, 0) is 35.7 Å².